The maximum Gasteiger partial charge on any atom is 0.335 e. The third-order valence-electron chi connectivity index (χ3n) is 3.81. The first kappa shape index (κ1) is 13.1. The lowest BCUT2D eigenvalue weighted by Crippen LogP contribution is -2.35. The van der Waals surface area contributed by atoms with Crippen LogP contribution >= 0.6 is 0 Å². The summed E-state index contributed by atoms with van der Waals surface area (Å²) in [6.45, 7) is 2.18. The molecule has 4 heteroatoms. The molecule has 0 aromatic heterocycles. The molecule has 0 aliphatic carbocycles. The molecule has 98 valence electrons. The molecule has 1 aliphatic rings. The number of likely N-dealkylation sites (tertiary alicyclic amines) is 1. The number of nitrogens with two attached hydrogens (primary N) is 1. The summed E-state index contributed by atoms with van der Waals surface area (Å²) in [6.07, 6.45) is 2.22. The molecule has 18 heavy (non-hydrogen) atoms. The predicted molar refractivity (Wildman–Crippen MR) is 70.6 cm³/mol. The lowest BCUT2D eigenvalue weighted by atomic mass is 9.86. The van der Waals surface area contributed by atoms with E-state index in [1.54, 1.807) is 12.1 Å². The summed E-state index contributed by atoms with van der Waals surface area (Å²) >= 11 is 0. The van der Waals surface area contributed by atoms with Crippen LogP contribution in [0.1, 0.15) is 34.8 Å². The molecular formula is C14H20N2O2. The first-order valence-electron chi connectivity index (χ1n) is 6.35. The number of hydrogen-bond donors (Lipinski definition) is 2. The predicted octanol–water partition coefficient (Wildman–Crippen LogP) is 1.73. The summed E-state index contributed by atoms with van der Waals surface area (Å²) in [6, 6.07) is 6.96. The van der Waals surface area contributed by atoms with E-state index in [1.807, 2.05) is 12.1 Å². The number of carboxylic acid groups (broad SMARTS) is 1. The molecule has 2 rings (SSSR count). The van der Waals surface area contributed by atoms with E-state index in [4.69, 9.17) is 10.8 Å². The summed E-state index contributed by atoms with van der Waals surface area (Å²) < 4.78 is 0. The summed E-state index contributed by atoms with van der Waals surface area (Å²) in [5.41, 5.74) is 7.63. The zero-order valence-electron chi connectivity index (χ0n) is 10.7. The second-order valence-electron chi connectivity index (χ2n) is 5.09. The first-order valence-corrected chi connectivity index (χ1v) is 6.35. The molecule has 0 bridgehead atoms. The zero-order chi connectivity index (χ0) is 13.1. The van der Waals surface area contributed by atoms with Crippen molar-refractivity contribution in [3.05, 3.63) is 35.4 Å². The van der Waals surface area contributed by atoms with Crippen LogP contribution in [0.2, 0.25) is 0 Å². The molecule has 1 heterocycles. The largest absolute Gasteiger partial charge is 0.478 e. The monoisotopic (exact) mass is 248 g/mol. The summed E-state index contributed by atoms with van der Waals surface area (Å²) in [4.78, 5) is 13.1. The highest BCUT2D eigenvalue weighted by Gasteiger charge is 2.23. The van der Waals surface area contributed by atoms with Crippen molar-refractivity contribution >= 4 is 5.97 Å². The zero-order valence-corrected chi connectivity index (χ0v) is 10.7. The fraction of sp³-hybridized carbons (Fsp3) is 0.500. The topological polar surface area (TPSA) is 66.6 Å². The van der Waals surface area contributed by atoms with E-state index >= 15 is 0 Å². The second kappa shape index (κ2) is 5.50. The van der Waals surface area contributed by atoms with Gasteiger partial charge in [0, 0.05) is 6.04 Å². The van der Waals surface area contributed by atoms with Gasteiger partial charge in [0.15, 0.2) is 0 Å². The molecule has 0 saturated carbocycles. The Kier molecular flexibility index (Phi) is 3.99. The normalized spacial score (nSPS) is 19.7. The number of carboxylic acids is 1. The lowest BCUT2D eigenvalue weighted by Gasteiger charge is -2.32. The van der Waals surface area contributed by atoms with Crippen LogP contribution in [0.5, 0.6) is 0 Å². The van der Waals surface area contributed by atoms with Gasteiger partial charge in [0.25, 0.3) is 0 Å². The van der Waals surface area contributed by atoms with Crippen LogP contribution in [-0.2, 0) is 0 Å². The second-order valence-corrected chi connectivity index (χ2v) is 5.09. The molecule has 4 nitrogen and oxygen atoms in total. The smallest absolute Gasteiger partial charge is 0.335 e. The molecule has 1 atom stereocenters. The standard InChI is InChI=1S/C14H20N2O2/c1-16-8-6-11(7-9-16)13(15)10-2-4-12(5-3-10)14(17)18/h2-5,11,13H,6-9,15H2,1H3,(H,17,18). The van der Waals surface area contributed by atoms with E-state index in [9.17, 15) is 4.79 Å². The molecule has 0 radical (unpaired) electrons. The minimum Gasteiger partial charge on any atom is -0.478 e. The average molecular weight is 248 g/mol. The van der Waals surface area contributed by atoms with E-state index in [-0.39, 0.29) is 6.04 Å². The van der Waals surface area contributed by atoms with Gasteiger partial charge in [-0.1, -0.05) is 12.1 Å². The van der Waals surface area contributed by atoms with Gasteiger partial charge in [-0.15, -0.1) is 0 Å². The molecule has 1 fully saturated rings. The fourth-order valence-corrected chi connectivity index (χ4v) is 2.51. The lowest BCUT2D eigenvalue weighted by molar-refractivity contribution is 0.0697. The molecule has 3 N–H and O–H groups in total. The average Bonchev–Trinajstić information content (AvgIpc) is 2.39. The van der Waals surface area contributed by atoms with Crippen LogP contribution in [-0.4, -0.2) is 36.1 Å². The Morgan fingerprint density at radius 3 is 2.39 bits per heavy atom. The fourth-order valence-electron chi connectivity index (χ4n) is 2.51. The number of aromatic carboxylic acids is 1. The van der Waals surface area contributed by atoms with Gasteiger partial charge in [-0.25, -0.2) is 4.79 Å². The van der Waals surface area contributed by atoms with Gasteiger partial charge in [-0.2, -0.15) is 0 Å². The Morgan fingerprint density at radius 1 is 1.33 bits per heavy atom. The minimum absolute atomic E-state index is 0.0153. The van der Waals surface area contributed by atoms with E-state index in [0.29, 0.717) is 11.5 Å². The summed E-state index contributed by atoms with van der Waals surface area (Å²) in [5.74, 6) is -0.397. The number of benzene rings is 1. The quantitative estimate of drug-likeness (QED) is 0.855. The highest BCUT2D eigenvalue weighted by atomic mass is 16.4. The number of rotatable bonds is 3. The van der Waals surface area contributed by atoms with E-state index in [0.717, 1.165) is 31.5 Å². The van der Waals surface area contributed by atoms with E-state index < -0.39 is 5.97 Å². The molecule has 1 unspecified atom stereocenters. The highest BCUT2D eigenvalue weighted by Crippen LogP contribution is 2.28. The van der Waals surface area contributed by atoms with Gasteiger partial charge < -0.3 is 15.7 Å². The number of nitrogens with zero attached hydrogens (tertiary/aromatic N) is 1. The highest BCUT2D eigenvalue weighted by molar-refractivity contribution is 5.87. The van der Waals surface area contributed by atoms with Crippen molar-refractivity contribution < 1.29 is 9.90 Å². The van der Waals surface area contributed by atoms with Crippen molar-refractivity contribution in [2.24, 2.45) is 11.7 Å². The van der Waals surface area contributed by atoms with Crippen LogP contribution < -0.4 is 5.73 Å². The van der Waals surface area contributed by atoms with E-state index in [1.165, 1.54) is 0 Å². The van der Waals surface area contributed by atoms with Crippen molar-refractivity contribution in [1.82, 2.24) is 4.90 Å². The van der Waals surface area contributed by atoms with Crippen molar-refractivity contribution in [3.8, 4) is 0 Å². The number of piperidine rings is 1. The van der Waals surface area contributed by atoms with Crippen molar-refractivity contribution in [3.63, 3.8) is 0 Å². The van der Waals surface area contributed by atoms with E-state index in [2.05, 4.69) is 11.9 Å². The van der Waals surface area contributed by atoms with Gasteiger partial charge in [0.2, 0.25) is 0 Å². The Bertz CT molecular complexity index is 408. The van der Waals surface area contributed by atoms with Crippen molar-refractivity contribution in [1.29, 1.82) is 0 Å². The van der Waals surface area contributed by atoms with Crippen molar-refractivity contribution in [2.75, 3.05) is 20.1 Å². The Hall–Kier alpha value is -1.39. The van der Waals surface area contributed by atoms with Gasteiger partial charge in [0.05, 0.1) is 5.56 Å². The summed E-state index contributed by atoms with van der Waals surface area (Å²) in [5, 5.41) is 8.86. The van der Waals surface area contributed by atoms with Crippen LogP contribution in [0.3, 0.4) is 0 Å². The number of hydrogen-bond acceptors (Lipinski definition) is 3. The number of carbonyl (C=O) groups is 1. The van der Waals surface area contributed by atoms with Crippen LogP contribution in [0.4, 0.5) is 0 Å². The van der Waals surface area contributed by atoms with Crippen molar-refractivity contribution in [2.45, 2.75) is 18.9 Å². The van der Waals surface area contributed by atoms with Gasteiger partial charge >= 0.3 is 5.97 Å². The third kappa shape index (κ3) is 2.89. The molecular weight excluding hydrogens is 228 g/mol. The molecule has 0 spiro atoms. The van der Waals surface area contributed by atoms with Gasteiger partial charge in [-0.05, 0) is 56.6 Å². The first-order chi connectivity index (χ1) is 8.58. The van der Waals surface area contributed by atoms with Gasteiger partial charge in [-0.3, -0.25) is 0 Å². The maximum atomic E-state index is 10.8. The third-order valence-corrected chi connectivity index (χ3v) is 3.81. The Labute approximate surface area is 107 Å². The minimum atomic E-state index is -0.894. The van der Waals surface area contributed by atoms with Crippen LogP contribution in [0.15, 0.2) is 24.3 Å². The Morgan fingerprint density at radius 2 is 1.89 bits per heavy atom. The van der Waals surface area contributed by atoms with Crippen LogP contribution in [0, 0.1) is 5.92 Å². The molecule has 1 aromatic carbocycles. The maximum absolute atomic E-state index is 10.8. The molecule has 1 aliphatic heterocycles. The van der Waals surface area contributed by atoms with Crippen LogP contribution in [0.25, 0.3) is 0 Å². The SMILES string of the molecule is CN1CCC(C(N)c2ccc(C(=O)O)cc2)CC1. The molecule has 1 aromatic rings. The van der Waals surface area contributed by atoms with Gasteiger partial charge in [0.1, 0.15) is 0 Å². The summed E-state index contributed by atoms with van der Waals surface area (Å²) in [7, 11) is 2.13. The molecule has 1 saturated heterocycles. The Balaban J connectivity index is 2.04. The molecule has 0 amide bonds.